The molecule has 0 saturated carbocycles. The van der Waals surface area contributed by atoms with E-state index in [-0.39, 0.29) is 0 Å². The second kappa shape index (κ2) is 5.16. The van der Waals surface area contributed by atoms with Crippen LogP contribution in [0.4, 0.5) is 0 Å². The molecule has 2 aromatic rings. The average Bonchev–Trinajstić information content (AvgIpc) is 2.73. The van der Waals surface area contributed by atoms with Crippen LogP contribution in [-0.4, -0.2) is 14.8 Å². The monoisotopic (exact) mass is 252 g/mol. The lowest BCUT2D eigenvalue weighted by Crippen LogP contribution is -2.07. The molecule has 0 radical (unpaired) electrons. The van der Waals surface area contributed by atoms with Crippen molar-refractivity contribution in [2.75, 3.05) is 0 Å². The van der Waals surface area contributed by atoms with Gasteiger partial charge >= 0.3 is 0 Å². The summed E-state index contributed by atoms with van der Waals surface area (Å²) in [5, 5.41) is 4.51. The van der Waals surface area contributed by atoms with Crippen molar-refractivity contribution in [1.82, 2.24) is 14.8 Å². The molecule has 0 bridgehead atoms. The van der Waals surface area contributed by atoms with Crippen LogP contribution in [0.5, 0.6) is 5.75 Å². The van der Waals surface area contributed by atoms with Gasteiger partial charge in [0.05, 0.1) is 5.02 Å². The molecular weight excluding hydrogens is 240 g/mol. The van der Waals surface area contributed by atoms with Gasteiger partial charge in [-0.3, -0.25) is 4.68 Å². The molecule has 17 heavy (non-hydrogen) atoms. The molecule has 2 N–H and O–H groups in total. The number of benzene rings is 1. The summed E-state index contributed by atoms with van der Waals surface area (Å²) in [5.41, 5.74) is 6.50. The zero-order chi connectivity index (χ0) is 12.3. The molecule has 0 aliphatic carbocycles. The van der Waals surface area contributed by atoms with Gasteiger partial charge in [0.2, 0.25) is 0 Å². The van der Waals surface area contributed by atoms with E-state index in [0.29, 0.717) is 23.9 Å². The van der Waals surface area contributed by atoms with Gasteiger partial charge in [0.1, 0.15) is 18.7 Å². The molecule has 0 aliphatic heterocycles. The number of nitrogens with zero attached hydrogens (tertiary/aromatic N) is 3. The molecule has 0 aliphatic rings. The van der Waals surface area contributed by atoms with Crippen LogP contribution in [0.3, 0.4) is 0 Å². The molecule has 0 unspecified atom stereocenters. The van der Waals surface area contributed by atoms with Crippen molar-refractivity contribution in [3.05, 3.63) is 40.9 Å². The number of halogens is 1. The van der Waals surface area contributed by atoms with E-state index in [1.165, 1.54) is 6.33 Å². The summed E-state index contributed by atoms with van der Waals surface area (Å²) in [6, 6.07) is 5.50. The van der Waals surface area contributed by atoms with Gasteiger partial charge in [-0.15, -0.1) is 0 Å². The Hall–Kier alpha value is -1.59. The third-order valence-electron chi connectivity index (χ3n) is 2.42. The molecule has 90 valence electrons. The maximum Gasteiger partial charge on any atom is 0.164 e. The number of aryl methyl sites for hydroxylation is 1. The molecule has 2 rings (SSSR count). The van der Waals surface area contributed by atoms with Gasteiger partial charge in [0.15, 0.2) is 5.82 Å². The molecule has 0 atom stereocenters. The van der Waals surface area contributed by atoms with Crippen LogP contribution in [0.2, 0.25) is 5.02 Å². The van der Waals surface area contributed by atoms with Gasteiger partial charge in [0.25, 0.3) is 0 Å². The van der Waals surface area contributed by atoms with Crippen LogP contribution in [0.1, 0.15) is 11.4 Å². The maximum atomic E-state index is 6.06. The molecular formula is C11H13ClN4O. The van der Waals surface area contributed by atoms with Gasteiger partial charge in [-0.05, 0) is 6.07 Å². The maximum absolute atomic E-state index is 6.06. The summed E-state index contributed by atoms with van der Waals surface area (Å²) >= 11 is 6.06. The van der Waals surface area contributed by atoms with Crippen LogP contribution in [0, 0.1) is 0 Å². The quantitative estimate of drug-likeness (QED) is 0.896. The Morgan fingerprint density at radius 3 is 2.94 bits per heavy atom. The molecule has 0 amide bonds. The van der Waals surface area contributed by atoms with Crippen molar-refractivity contribution < 1.29 is 4.74 Å². The van der Waals surface area contributed by atoms with E-state index in [1.807, 2.05) is 19.2 Å². The van der Waals surface area contributed by atoms with Crippen molar-refractivity contribution in [1.29, 1.82) is 0 Å². The highest BCUT2D eigenvalue weighted by atomic mass is 35.5. The van der Waals surface area contributed by atoms with Crippen molar-refractivity contribution in [2.45, 2.75) is 13.2 Å². The average molecular weight is 253 g/mol. The minimum atomic E-state index is 0.313. The third kappa shape index (κ3) is 2.57. The Morgan fingerprint density at radius 2 is 2.29 bits per heavy atom. The highest BCUT2D eigenvalue weighted by molar-refractivity contribution is 6.32. The standard InChI is InChI=1S/C11H13ClN4O/c1-16-10(14-7-15-16)6-17-11-8(5-13)3-2-4-9(11)12/h2-4,7H,5-6,13H2,1H3. The lowest BCUT2D eigenvalue weighted by Gasteiger charge is -2.11. The first kappa shape index (κ1) is 11.9. The fraction of sp³-hybridized carbons (Fsp3) is 0.273. The van der Waals surface area contributed by atoms with Crippen LogP contribution >= 0.6 is 11.6 Å². The van der Waals surface area contributed by atoms with Crippen molar-refractivity contribution >= 4 is 11.6 Å². The Bertz CT molecular complexity index is 512. The molecule has 0 fully saturated rings. The predicted molar refractivity (Wildman–Crippen MR) is 64.7 cm³/mol. The second-order valence-corrected chi connectivity index (χ2v) is 3.93. The summed E-state index contributed by atoms with van der Waals surface area (Å²) < 4.78 is 7.30. The first-order valence-electron chi connectivity index (χ1n) is 5.15. The van der Waals surface area contributed by atoms with Gasteiger partial charge < -0.3 is 10.5 Å². The van der Waals surface area contributed by atoms with Crippen molar-refractivity contribution in [2.24, 2.45) is 12.8 Å². The summed E-state index contributed by atoms with van der Waals surface area (Å²) in [6.45, 7) is 0.696. The normalized spacial score (nSPS) is 10.5. The Balaban J connectivity index is 2.16. The predicted octanol–water partition coefficient (Wildman–Crippen LogP) is 1.51. The first-order valence-corrected chi connectivity index (χ1v) is 5.53. The van der Waals surface area contributed by atoms with Gasteiger partial charge in [-0.1, -0.05) is 23.7 Å². The highest BCUT2D eigenvalue weighted by Gasteiger charge is 2.09. The van der Waals surface area contributed by atoms with Gasteiger partial charge in [-0.2, -0.15) is 5.10 Å². The van der Waals surface area contributed by atoms with Gasteiger partial charge in [0, 0.05) is 19.2 Å². The Kier molecular flexibility index (Phi) is 3.61. The highest BCUT2D eigenvalue weighted by Crippen LogP contribution is 2.28. The van der Waals surface area contributed by atoms with E-state index >= 15 is 0 Å². The van der Waals surface area contributed by atoms with Crippen LogP contribution in [0.25, 0.3) is 0 Å². The first-order chi connectivity index (χ1) is 8.22. The fourth-order valence-electron chi connectivity index (χ4n) is 1.46. The lowest BCUT2D eigenvalue weighted by molar-refractivity contribution is 0.287. The van der Waals surface area contributed by atoms with Gasteiger partial charge in [-0.25, -0.2) is 4.98 Å². The lowest BCUT2D eigenvalue weighted by atomic mass is 10.2. The molecule has 6 heteroatoms. The Morgan fingerprint density at radius 1 is 1.47 bits per heavy atom. The Labute approximate surface area is 104 Å². The smallest absolute Gasteiger partial charge is 0.164 e. The number of hydrogen-bond acceptors (Lipinski definition) is 4. The SMILES string of the molecule is Cn1ncnc1COc1c(Cl)cccc1CN. The third-order valence-corrected chi connectivity index (χ3v) is 2.72. The molecule has 0 saturated heterocycles. The van der Waals surface area contributed by atoms with E-state index < -0.39 is 0 Å². The molecule has 1 aromatic carbocycles. The van der Waals surface area contributed by atoms with Crippen LogP contribution in [-0.2, 0) is 20.2 Å². The summed E-state index contributed by atoms with van der Waals surface area (Å²) in [6.07, 6.45) is 1.48. The number of aromatic nitrogens is 3. The van der Waals surface area contributed by atoms with Crippen LogP contribution < -0.4 is 10.5 Å². The van der Waals surface area contributed by atoms with Crippen LogP contribution in [0.15, 0.2) is 24.5 Å². The second-order valence-electron chi connectivity index (χ2n) is 3.52. The van der Waals surface area contributed by atoms with E-state index in [0.717, 1.165) is 11.4 Å². The largest absolute Gasteiger partial charge is 0.484 e. The minimum Gasteiger partial charge on any atom is -0.484 e. The number of hydrogen-bond donors (Lipinski definition) is 1. The minimum absolute atomic E-state index is 0.313. The van der Waals surface area contributed by atoms with E-state index in [2.05, 4.69) is 10.1 Å². The number of nitrogens with two attached hydrogens (primary N) is 1. The zero-order valence-corrected chi connectivity index (χ0v) is 10.2. The molecule has 1 aromatic heterocycles. The number of para-hydroxylation sites is 1. The van der Waals surface area contributed by atoms with E-state index in [9.17, 15) is 0 Å². The topological polar surface area (TPSA) is 66.0 Å². The fourth-order valence-corrected chi connectivity index (χ4v) is 1.71. The summed E-state index contributed by atoms with van der Waals surface area (Å²) in [5.74, 6) is 1.34. The number of ether oxygens (including phenoxy) is 1. The van der Waals surface area contributed by atoms with E-state index in [1.54, 1.807) is 10.7 Å². The zero-order valence-electron chi connectivity index (χ0n) is 9.43. The molecule has 5 nitrogen and oxygen atoms in total. The van der Waals surface area contributed by atoms with E-state index in [4.69, 9.17) is 22.1 Å². The number of rotatable bonds is 4. The summed E-state index contributed by atoms with van der Waals surface area (Å²) in [7, 11) is 1.81. The summed E-state index contributed by atoms with van der Waals surface area (Å²) in [4.78, 5) is 4.07. The van der Waals surface area contributed by atoms with Crippen molar-refractivity contribution in [3.8, 4) is 5.75 Å². The molecule has 1 heterocycles. The molecule has 0 spiro atoms. The van der Waals surface area contributed by atoms with Crippen molar-refractivity contribution in [3.63, 3.8) is 0 Å².